The molecule has 1 saturated carbocycles. The Morgan fingerprint density at radius 3 is 2.59 bits per heavy atom. The maximum atomic E-state index is 13.4. The Bertz CT molecular complexity index is 1500. The van der Waals surface area contributed by atoms with Gasteiger partial charge in [-0.3, -0.25) is 9.59 Å². The summed E-state index contributed by atoms with van der Waals surface area (Å²) in [6.07, 6.45) is 5.89. The first-order valence-corrected chi connectivity index (χ1v) is 12.8. The molecule has 6 rings (SSSR count). The number of fused-ring (bicyclic) bond motifs is 1. The molecule has 2 aliphatic rings. The Morgan fingerprint density at radius 2 is 1.81 bits per heavy atom. The molecule has 4 aromatic rings. The number of benzene rings is 2. The van der Waals surface area contributed by atoms with Crippen molar-refractivity contribution in [3.8, 4) is 0 Å². The second-order valence-electron chi connectivity index (χ2n) is 9.90. The zero-order chi connectivity index (χ0) is 25.4. The van der Waals surface area contributed by atoms with Crippen molar-refractivity contribution < 1.29 is 9.59 Å². The molecule has 7 nitrogen and oxygen atoms in total. The number of hydrogen-bond donors (Lipinski definition) is 3. The summed E-state index contributed by atoms with van der Waals surface area (Å²) in [7, 11) is 0. The molecular formula is C30H29N5O2. The number of nitrogens with zero attached hydrogens (tertiary/aromatic N) is 2. The third-order valence-corrected chi connectivity index (χ3v) is 7.06. The van der Waals surface area contributed by atoms with E-state index in [-0.39, 0.29) is 23.7 Å². The highest BCUT2D eigenvalue weighted by molar-refractivity contribution is 5.99. The highest BCUT2D eigenvalue weighted by Crippen LogP contribution is 2.35. The summed E-state index contributed by atoms with van der Waals surface area (Å²) in [6, 6.07) is 21.5. The lowest BCUT2D eigenvalue weighted by Gasteiger charge is -2.32. The molecule has 3 heterocycles. The summed E-state index contributed by atoms with van der Waals surface area (Å²) in [4.78, 5) is 35.4. The van der Waals surface area contributed by atoms with E-state index in [0.717, 1.165) is 46.4 Å². The zero-order valence-corrected chi connectivity index (χ0v) is 20.7. The van der Waals surface area contributed by atoms with Crippen LogP contribution < -0.4 is 10.6 Å². The summed E-state index contributed by atoms with van der Waals surface area (Å²) in [5.41, 5.74) is 5.48. The number of pyridine rings is 1. The second-order valence-corrected chi connectivity index (χ2v) is 9.90. The van der Waals surface area contributed by atoms with E-state index in [9.17, 15) is 9.59 Å². The Hall–Kier alpha value is -4.39. The molecule has 0 radical (unpaired) electrons. The van der Waals surface area contributed by atoms with Crippen molar-refractivity contribution in [3.63, 3.8) is 0 Å². The van der Waals surface area contributed by atoms with Gasteiger partial charge < -0.3 is 20.5 Å². The SMILES string of the molecule is CC1CN(C(=O)c2cccc(Nc3ccccc3)c2)CC=C1c1cc(NC(=O)C2CC2)nc2[nH]ccc12. The number of aromatic amines is 1. The number of aromatic nitrogens is 2. The van der Waals surface area contributed by atoms with Crippen LogP contribution in [0.5, 0.6) is 0 Å². The predicted molar refractivity (Wildman–Crippen MR) is 147 cm³/mol. The minimum atomic E-state index is 0.0118. The highest BCUT2D eigenvalue weighted by Gasteiger charge is 2.30. The Labute approximate surface area is 215 Å². The fraction of sp³-hybridized carbons (Fsp3) is 0.233. The maximum absolute atomic E-state index is 13.4. The number of carbonyl (C=O) groups is 2. The molecule has 0 saturated heterocycles. The molecule has 0 bridgehead atoms. The number of hydrogen-bond acceptors (Lipinski definition) is 4. The number of nitrogens with one attached hydrogen (secondary N) is 3. The molecule has 37 heavy (non-hydrogen) atoms. The van der Waals surface area contributed by atoms with Crippen molar-refractivity contribution in [1.82, 2.24) is 14.9 Å². The summed E-state index contributed by atoms with van der Waals surface area (Å²) >= 11 is 0. The Kier molecular flexibility index (Phi) is 5.96. The summed E-state index contributed by atoms with van der Waals surface area (Å²) in [5.74, 6) is 0.846. The molecule has 2 aromatic heterocycles. The van der Waals surface area contributed by atoms with Gasteiger partial charge in [0, 0.05) is 47.5 Å². The fourth-order valence-corrected chi connectivity index (χ4v) is 4.97. The summed E-state index contributed by atoms with van der Waals surface area (Å²) in [5, 5.41) is 7.36. The normalized spacial score (nSPS) is 17.4. The Morgan fingerprint density at radius 1 is 1.00 bits per heavy atom. The zero-order valence-electron chi connectivity index (χ0n) is 20.7. The van der Waals surface area contributed by atoms with Gasteiger partial charge in [0.25, 0.3) is 5.91 Å². The third-order valence-electron chi connectivity index (χ3n) is 7.06. The fourth-order valence-electron chi connectivity index (χ4n) is 4.97. The van der Waals surface area contributed by atoms with Crippen molar-refractivity contribution in [2.45, 2.75) is 19.8 Å². The summed E-state index contributed by atoms with van der Waals surface area (Å²) in [6.45, 7) is 3.27. The first-order valence-electron chi connectivity index (χ1n) is 12.8. The minimum absolute atomic E-state index is 0.0118. The molecule has 1 aliphatic heterocycles. The molecule has 186 valence electrons. The van der Waals surface area contributed by atoms with E-state index in [2.05, 4.69) is 33.6 Å². The van der Waals surface area contributed by atoms with E-state index in [0.29, 0.717) is 24.5 Å². The number of H-pyrrole nitrogens is 1. The van der Waals surface area contributed by atoms with Crippen molar-refractivity contribution >= 4 is 45.6 Å². The molecule has 1 aliphatic carbocycles. The number of rotatable bonds is 6. The monoisotopic (exact) mass is 491 g/mol. The van der Waals surface area contributed by atoms with Crippen LogP contribution in [0.2, 0.25) is 0 Å². The van der Waals surface area contributed by atoms with Crippen molar-refractivity contribution in [2.75, 3.05) is 23.7 Å². The van der Waals surface area contributed by atoms with Gasteiger partial charge in [0.1, 0.15) is 11.5 Å². The van der Waals surface area contributed by atoms with E-state index in [1.807, 2.05) is 77.8 Å². The molecule has 0 spiro atoms. The average molecular weight is 492 g/mol. The van der Waals surface area contributed by atoms with E-state index in [1.54, 1.807) is 0 Å². The maximum Gasteiger partial charge on any atom is 0.254 e. The Balaban J connectivity index is 1.22. The van der Waals surface area contributed by atoms with E-state index >= 15 is 0 Å². The molecule has 2 amide bonds. The van der Waals surface area contributed by atoms with Crippen LogP contribution in [0.4, 0.5) is 17.2 Å². The van der Waals surface area contributed by atoms with E-state index < -0.39 is 0 Å². The molecule has 1 unspecified atom stereocenters. The minimum Gasteiger partial charge on any atom is -0.356 e. The molecule has 1 atom stereocenters. The van der Waals surface area contributed by atoms with Gasteiger partial charge in [0.15, 0.2) is 0 Å². The lowest BCUT2D eigenvalue weighted by Crippen LogP contribution is -2.38. The van der Waals surface area contributed by atoms with E-state index in [4.69, 9.17) is 0 Å². The number of para-hydroxylation sites is 1. The van der Waals surface area contributed by atoms with Crippen LogP contribution in [0.3, 0.4) is 0 Å². The van der Waals surface area contributed by atoms with Crippen LogP contribution in [0.15, 0.2) is 79.0 Å². The lowest BCUT2D eigenvalue weighted by atomic mass is 9.89. The predicted octanol–water partition coefficient (Wildman–Crippen LogP) is 5.83. The average Bonchev–Trinajstić information content (AvgIpc) is 3.66. The van der Waals surface area contributed by atoms with Crippen LogP contribution >= 0.6 is 0 Å². The first kappa shape index (κ1) is 23.0. The third kappa shape index (κ3) is 4.85. The van der Waals surface area contributed by atoms with Gasteiger partial charge in [0.2, 0.25) is 5.91 Å². The smallest absolute Gasteiger partial charge is 0.254 e. The molecule has 3 N–H and O–H groups in total. The van der Waals surface area contributed by atoms with E-state index in [1.165, 1.54) is 0 Å². The molecular weight excluding hydrogens is 462 g/mol. The van der Waals surface area contributed by atoms with Gasteiger partial charge in [-0.2, -0.15) is 0 Å². The highest BCUT2D eigenvalue weighted by atomic mass is 16.2. The van der Waals surface area contributed by atoms with Gasteiger partial charge in [-0.25, -0.2) is 4.98 Å². The topological polar surface area (TPSA) is 90.1 Å². The van der Waals surface area contributed by atoms with Crippen LogP contribution in [-0.2, 0) is 4.79 Å². The molecule has 7 heteroatoms. The van der Waals surface area contributed by atoms with Gasteiger partial charge in [0.05, 0.1) is 0 Å². The van der Waals surface area contributed by atoms with Crippen LogP contribution in [0.1, 0.15) is 35.7 Å². The van der Waals surface area contributed by atoms with Crippen molar-refractivity contribution in [3.05, 3.63) is 90.1 Å². The largest absolute Gasteiger partial charge is 0.356 e. The summed E-state index contributed by atoms with van der Waals surface area (Å²) < 4.78 is 0. The van der Waals surface area contributed by atoms with Crippen LogP contribution in [0.25, 0.3) is 16.6 Å². The van der Waals surface area contributed by atoms with Crippen molar-refractivity contribution in [1.29, 1.82) is 0 Å². The number of anilines is 3. The quantitative estimate of drug-likeness (QED) is 0.317. The molecule has 2 aromatic carbocycles. The second kappa shape index (κ2) is 9.58. The number of amides is 2. The van der Waals surface area contributed by atoms with Gasteiger partial charge in [-0.1, -0.05) is 37.3 Å². The van der Waals surface area contributed by atoms with Crippen LogP contribution in [-0.4, -0.2) is 39.8 Å². The van der Waals surface area contributed by atoms with Crippen LogP contribution in [0, 0.1) is 11.8 Å². The van der Waals surface area contributed by atoms with Gasteiger partial charge in [-0.05, 0) is 72.4 Å². The van der Waals surface area contributed by atoms with Gasteiger partial charge in [-0.15, -0.1) is 0 Å². The molecule has 1 fully saturated rings. The first-order chi connectivity index (χ1) is 18.0. The standard InChI is InChI=1S/C30H29N5O2/c1-19-18-35(30(37)21-6-5-9-23(16-21)32-22-7-3-2-4-8-22)15-13-24(19)26-17-27(34-29(36)20-10-11-20)33-28-25(26)12-14-31-28/h2-9,12-14,16-17,19-20,32H,10-11,15,18H2,1H3,(H2,31,33,34,36). The van der Waals surface area contributed by atoms with Crippen molar-refractivity contribution in [2.24, 2.45) is 11.8 Å². The van der Waals surface area contributed by atoms with Gasteiger partial charge >= 0.3 is 0 Å². The number of carbonyl (C=O) groups excluding carboxylic acids is 2. The lowest BCUT2D eigenvalue weighted by molar-refractivity contribution is -0.117.